The Bertz CT molecular complexity index is 95.7. The molecule has 2 N–H and O–H groups in total. The maximum Gasteiger partial charge on any atom is 0.0669 e. The molecule has 11 heavy (non-hydrogen) atoms. The molecule has 0 fully saturated rings. The largest absolute Gasteiger partial charge is 0.396 e. The Morgan fingerprint density at radius 3 is 2.18 bits per heavy atom. The molecule has 0 bridgehead atoms. The van der Waals surface area contributed by atoms with Crippen LogP contribution in [0.5, 0.6) is 0 Å². The fraction of sp³-hybridized carbons (Fsp3) is 1.00. The van der Waals surface area contributed by atoms with Crippen molar-refractivity contribution in [2.75, 3.05) is 6.61 Å². The highest BCUT2D eigenvalue weighted by Crippen LogP contribution is 2.24. The topological polar surface area (TPSA) is 40.5 Å². The van der Waals surface area contributed by atoms with Crippen molar-refractivity contribution in [1.82, 2.24) is 0 Å². The van der Waals surface area contributed by atoms with Crippen LogP contribution in [0, 0.1) is 5.92 Å². The van der Waals surface area contributed by atoms with Gasteiger partial charge in [0, 0.05) is 12.5 Å². The van der Waals surface area contributed by atoms with Crippen LogP contribution in [0.2, 0.25) is 0 Å². The van der Waals surface area contributed by atoms with Crippen molar-refractivity contribution in [2.45, 2.75) is 45.6 Å². The van der Waals surface area contributed by atoms with Gasteiger partial charge >= 0.3 is 0 Å². The van der Waals surface area contributed by atoms with Crippen LogP contribution >= 0.6 is 0 Å². The Hall–Kier alpha value is -0.0800. The summed E-state index contributed by atoms with van der Waals surface area (Å²) in [5, 5.41) is 18.7. The molecule has 2 nitrogen and oxygen atoms in total. The van der Waals surface area contributed by atoms with Gasteiger partial charge < -0.3 is 10.2 Å². The van der Waals surface area contributed by atoms with Crippen LogP contribution in [-0.4, -0.2) is 22.4 Å². The quantitative estimate of drug-likeness (QED) is 0.640. The van der Waals surface area contributed by atoms with Gasteiger partial charge in [0.15, 0.2) is 0 Å². The lowest BCUT2D eigenvalue weighted by atomic mass is 9.84. The standard InChI is InChI=1S/C9H20O2/c1-4-6-9(3,11)8(5-2)7-10/h8,10-11H,4-7H2,1-3H3. The third kappa shape index (κ3) is 3.21. The highest BCUT2D eigenvalue weighted by Gasteiger charge is 2.28. The van der Waals surface area contributed by atoms with Crippen molar-refractivity contribution in [3.63, 3.8) is 0 Å². The Kier molecular flexibility index (Phi) is 4.69. The highest BCUT2D eigenvalue weighted by atomic mass is 16.3. The zero-order chi connectivity index (χ0) is 8.91. The molecule has 0 saturated heterocycles. The summed E-state index contributed by atoms with van der Waals surface area (Å²) in [6.07, 6.45) is 2.57. The van der Waals surface area contributed by atoms with Gasteiger partial charge in [-0.25, -0.2) is 0 Å². The fourth-order valence-electron chi connectivity index (χ4n) is 1.48. The molecule has 0 radical (unpaired) electrons. The molecule has 2 heteroatoms. The summed E-state index contributed by atoms with van der Waals surface area (Å²) in [6.45, 7) is 5.92. The summed E-state index contributed by atoms with van der Waals surface area (Å²) in [6, 6.07) is 0. The second kappa shape index (κ2) is 4.73. The third-order valence-corrected chi connectivity index (χ3v) is 2.35. The summed E-state index contributed by atoms with van der Waals surface area (Å²) in [5.41, 5.74) is -0.682. The Balaban J connectivity index is 4.00. The van der Waals surface area contributed by atoms with Crippen molar-refractivity contribution >= 4 is 0 Å². The van der Waals surface area contributed by atoms with E-state index in [9.17, 15) is 5.11 Å². The Morgan fingerprint density at radius 1 is 1.36 bits per heavy atom. The minimum absolute atomic E-state index is 0.0300. The van der Waals surface area contributed by atoms with Gasteiger partial charge in [-0.2, -0.15) is 0 Å². The van der Waals surface area contributed by atoms with E-state index in [1.54, 1.807) is 6.92 Å². The van der Waals surface area contributed by atoms with E-state index < -0.39 is 5.60 Å². The molecule has 2 unspecified atom stereocenters. The molecule has 0 aromatic rings. The van der Waals surface area contributed by atoms with Gasteiger partial charge in [0.05, 0.1) is 5.60 Å². The molecule has 2 atom stereocenters. The SMILES string of the molecule is CCCC(C)(O)C(CC)CO. The van der Waals surface area contributed by atoms with E-state index in [1.165, 1.54) is 0 Å². The lowest BCUT2D eigenvalue weighted by Crippen LogP contribution is -2.36. The lowest BCUT2D eigenvalue weighted by molar-refractivity contribution is -0.0327. The van der Waals surface area contributed by atoms with Gasteiger partial charge in [0.1, 0.15) is 0 Å². The number of rotatable bonds is 5. The molecule has 0 aromatic carbocycles. The van der Waals surface area contributed by atoms with E-state index in [0.29, 0.717) is 0 Å². The van der Waals surface area contributed by atoms with Gasteiger partial charge in [0.25, 0.3) is 0 Å². The van der Waals surface area contributed by atoms with Gasteiger partial charge in [-0.15, -0.1) is 0 Å². The van der Waals surface area contributed by atoms with Gasteiger partial charge in [0.2, 0.25) is 0 Å². The molecule has 0 amide bonds. The van der Waals surface area contributed by atoms with Gasteiger partial charge in [-0.3, -0.25) is 0 Å². The van der Waals surface area contributed by atoms with E-state index in [2.05, 4.69) is 0 Å². The maximum atomic E-state index is 9.81. The third-order valence-electron chi connectivity index (χ3n) is 2.35. The van der Waals surface area contributed by atoms with Crippen LogP contribution in [-0.2, 0) is 0 Å². The lowest BCUT2D eigenvalue weighted by Gasteiger charge is -2.30. The molecule has 0 aliphatic heterocycles. The number of aliphatic hydroxyl groups excluding tert-OH is 1. The molecular formula is C9H20O2. The van der Waals surface area contributed by atoms with Gasteiger partial charge in [-0.1, -0.05) is 20.3 Å². The average molecular weight is 160 g/mol. The van der Waals surface area contributed by atoms with Crippen molar-refractivity contribution in [3.8, 4) is 0 Å². The molecule has 0 aromatic heterocycles. The van der Waals surface area contributed by atoms with E-state index in [1.807, 2.05) is 13.8 Å². The molecule has 0 spiro atoms. The molecule has 0 aliphatic rings. The number of aliphatic hydroxyl groups is 2. The summed E-state index contributed by atoms with van der Waals surface area (Å²) >= 11 is 0. The summed E-state index contributed by atoms with van der Waals surface area (Å²) in [7, 11) is 0. The first-order valence-corrected chi connectivity index (χ1v) is 4.41. The van der Waals surface area contributed by atoms with Crippen LogP contribution in [0.4, 0.5) is 0 Å². The normalized spacial score (nSPS) is 19.4. The van der Waals surface area contributed by atoms with Gasteiger partial charge in [-0.05, 0) is 19.8 Å². The molecule has 0 saturated carbocycles. The second-order valence-corrected chi connectivity index (χ2v) is 3.39. The van der Waals surface area contributed by atoms with Crippen LogP contribution in [0.25, 0.3) is 0 Å². The van der Waals surface area contributed by atoms with E-state index >= 15 is 0 Å². The molecular weight excluding hydrogens is 140 g/mol. The summed E-state index contributed by atoms with van der Waals surface area (Å²) < 4.78 is 0. The minimum atomic E-state index is -0.682. The Morgan fingerprint density at radius 2 is 1.91 bits per heavy atom. The second-order valence-electron chi connectivity index (χ2n) is 3.39. The van der Waals surface area contributed by atoms with Crippen LogP contribution in [0.15, 0.2) is 0 Å². The molecule has 0 heterocycles. The predicted octanol–water partition coefficient (Wildman–Crippen LogP) is 1.56. The minimum Gasteiger partial charge on any atom is -0.396 e. The molecule has 68 valence electrons. The van der Waals surface area contributed by atoms with Crippen molar-refractivity contribution in [3.05, 3.63) is 0 Å². The fourth-order valence-corrected chi connectivity index (χ4v) is 1.48. The first-order valence-electron chi connectivity index (χ1n) is 4.41. The van der Waals surface area contributed by atoms with E-state index in [4.69, 9.17) is 5.11 Å². The first kappa shape index (κ1) is 10.9. The van der Waals surface area contributed by atoms with Crippen molar-refractivity contribution < 1.29 is 10.2 Å². The monoisotopic (exact) mass is 160 g/mol. The van der Waals surface area contributed by atoms with Crippen molar-refractivity contribution in [2.24, 2.45) is 5.92 Å². The van der Waals surface area contributed by atoms with Crippen LogP contribution in [0.3, 0.4) is 0 Å². The maximum absolute atomic E-state index is 9.81. The van der Waals surface area contributed by atoms with Crippen LogP contribution < -0.4 is 0 Å². The van der Waals surface area contributed by atoms with Crippen molar-refractivity contribution in [1.29, 1.82) is 0 Å². The molecule has 0 rings (SSSR count). The predicted molar refractivity (Wildman–Crippen MR) is 46.4 cm³/mol. The Labute approximate surface area is 69.2 Å². The van der Waals surface area contributed by atoms with Crippen LogP contribution in [0.1, 0.15) is 40.0 Å². The molecule has 0 aliphatic carbocycles. The summed E-state index contributed by atoms with van der Waals surface area (Å²) in [4.78, 5) is 0. The highest BCUT2D eigenvalue weighted by molar-refractivity contribution is 4.79. The zero-order valence-electron chi connectivity index (χ0n) is 7.80. The average Bonchev–Trinajstić information content (AvgIpc) is 1.89. The first-order chi connectivity index (χ1) is 5.08. The number of hydrogen-bond donors (Lipinski definition) is 2. The smallest absolute Gasteiger partial charge is 0.0669 e. The van der Waals surface area contributed by atoms with E-state index in [-0.39, 0.29) is 12.5 Å². The van der Waals surface area contributed by atoms with E-state index in [0.717, 1.165) is 19.3 Å². The zero-order valence-corrected chi connectivity index (χ0v) is 7.80. The summed E-state index contributed by atoms with van der Waals surface area (Å²) in [5.74, 6) is 0.0300. The number of hydrogen-bond acceptors (Lipinski definition) is 2.